The zero-order valence-corrected chi connectivity index (χ0v) is 11.7. The van der Waals surface area contributed by atoms with E-state index in [1.54, 1.807) is 42.5 Å². The number of carbonyl (C=O) groups excluding carboxylic acids is 1. The summed E-state index contributed by atoms with van der Waals surface area (Å²) >= 11 is 5.43. The van der Waals surface area contributed by atoms with Gasteiger partial charge in [-0.25, -0.2) is 0 Å². The van der Waals surface area contributed by atoms with Gasteiger partial charge in [0.2, 0.25) is 12.7 Å². The molecule has 0 aromatic heterocycles. The van der Waals surface area contributed by atoms with E-state index in [4.69, 9.17) is 25.8 Å². The molecule has 2 aromatic rings. The average molecular weight is 306 g/mol. The van der Waals surface area contributed by atoms with Crippen molar-refractivity contribution in [3.8, 4) is 23.0 Å². The fourth-order valence-corrected chi connectivity index (χ4v) is 1.94. The highest BCUT2D eigenvalue weighted by molar-refractivity contribution is 6.29. The van der Waals surface area contributed by atoms with E-state index in [0.29, 0.717) is 28.7 Å². The molecule has 1 amide bonds. The van der Waals surface area contributed by atoms with Gasteiger partial charge in [0, 0.05) is 11.8 Å². The third-order valence-electron chi connectivity index (χ3n) is 2.84. The van der Waals surface area contributed by atoms with Crippen LogP contribution in [0.5, 0.6) is 23.0 Å². The molecular weight excluding hydrogens is 294 g/mol. The van der Waals surface area contributed by atoms with Gasteiger partial charge in [-0.3, -0.25) is 4.79 Å². The molecule has 0 atom stereocenters. The molecule has 0 spiro atoms. The van der Waals surface area contributed by atoms with Crippen molar-refractivity contribution in [3.63, 3.8) is 0 Å². The Hall–Kier alpha value is -2.40. The van der Waals surface area contributed by atoms with Crippen molar-refractivity contribution in [2.45, 2.75) is 0 Å². The lowest BCUT2D eigenvalue weighted by molar-refractivity contribution is -0.113. The van der Waals surface area contributed by atoms with Gasteiger partial charge < -0.3 is 19.5 Å². The van der Waals surface area contributed by atoms with Crippen LogP contribution in [0.3, 0.4) is 0 Å². The maximum Gasteiger partial charge on any atom is 0.239 e. The standard InChI is InChI=1S/C15H12ClNO4/c16-8-15(18)17-10-1-3-11(4-2-10)21-12-5-6-13-14(7-12)20-9-19-13/h1-7H,8-9H2,(H,17,18). The number of hydrogen-bond donors (Lipinski definition) is 1. The summed E-state index contributed by atoms with van der Waals surface area (Å²) < 4.78 is 16.2. The largest absolute Gasteiger partial charge is 0.457 e. The first-order chi connectivity index (χ1) is 10.2. The number of hydrogen-bond acceptors (Lipinski definition) is 4. The molecule has 21 heavy (non-hydrogen) atoms. The van der Waals surface area contributed by atoms with Crippen LogP contribution < -0.4 is 19.5 Å². The van der Waals surface area contributed by atoms with Crippen LogP contribution >= 0.6 is 11.6 Å². The van der Waals surface area contributed by atoms with E-state index >= 15 is 0 Å². The molecule has 108 valence electrons. The highest BCUT2D eigenvalue weighted by atomic mass is 35.5. The quantitative estimate of drug-likeness (QED) is 0.880. The summed E-state index contributed by atoms with van der Waals surface area (Å²) in [5.41, 5.74) is 0.665. The van der Waals surface area contributed by atoms with Gasteiger partial charge in [-0.15, -0.1) is 11.6 Å². The van der Waals surface area contributed by atoms with Gasteiger partial charge in [-0.05, 0) is 36.4 Å². The van der Waals surface area contributed by atoms with Gasteiger partial charge in [0.25, 0.3) is 0 Å². The van der Waals surface area contributed by atoms with Crippen LogP contribution in [0.2, 0.25) is 0 Å². The van der Waals surface area contributed by atoms with E-state index in [2.05, 4.69) is 5.32 Å². The van der Waals surface area contributed by atoms with Gasteiger partial charge in [0.1, 0.15) is 17.4 Å². The minimum atomic E-state index is -0.249. The summed E-state index contributed by atoms with van der Waals surface area (Å²) in [4.78, 5) is 11.2. The third-order valence-corrected chi connectivity index (χ3v) is 3.08. The maximum atomic E-state index is 11.2. The smallest absolute Gasteiger partial charge is 0.239 e. The number of rotatable bonds is 4. The van der Waals surface area contributed by atoms with Crippen LogP contribution in [0.25, 0.3) is 0 Å². The molecule has 1 aliphatic heterocycles. The first-order valence-electron chi connectivity index (χ1n) is 6.28. The monoisotopic (exact) mass is 305 g/mol. The zero-order valence-electron chi connectivity index (χ0n) is 11.0. The number of anilines is 1. The van der Waals surface area contributed by atoms with Gasteiger partial charge in [-0.2, -0.15) is 0 Å². The second-order valence-corrected chi connectivity index (χ2v) is 4.59. The normalized spacial score (nSPS) is 12.0. The lowest BCUT2D eigenvalue weighted by Gasteiger charge is -2.08. The van der Waals surface area contributed by atoms with E-state index in [1.807, 2.05) is 0 Å². The first kappa shape index (κ1) is 13.6. The minimum Gasteiger partial charge on any atom is -0.457 e. The Morgan fingerprint density at radius 3 is 2.57 bits per heavy atom. The number of fused-ring (bicyclic) bond motifs is 1. The molecule has 0 aliphatic carbocycles. The third kappa shape index (κ3) is 3.20. The number of nitrogens with one attached hydrogen (secondary N) is 1. The zero-order chi connectivity index (χ0) is 14.7. The lowest BCUT2D eigenvalue weighted by atomic mass is 10.3. The van der Waals surface area contributed by atoms with E-state index in [0.717, 1.165) is 0 Å². The number of carbonyl (C=O) groups is 1. The summed E-state index contributed by atoms with van der Waals surface area (Å²) in [6, 6.07) is 12.4. The van der Waals surface area contributed by atoms with Crippen LogP contribution in [-0.2, 0) is 4.79 Å². The van der Waals surface area contributed by atoms with Crippen LogP contribution in [0.15, 0.2) is 42.5 Å². The van der Waals surface area contributed by atoms with E-state index in [-0.39, 0.29) is 18.6 Å². The van der Waals surface area contributed by atoms with Crippen molar-refractivity contribution < 1.29 is 19.0 Å². The second-order valence-electron chi connectivity index (χ2n) is 4.32. The Morgan fingerprint density at radius 1 is 1.10 bits per heavy atom. The minimum absolute atomic E-state index is 0.0740. The Bertz CT molecular complexity index is 657. The number of benzene rings is 2. The van der Waals surface area contributed by atoms with E-state index in [9.17, 15) is 4.79 Å². The molecule has 1 aliphatic rings. The predicted octanol–water partition coefficient (Wildman–Crippen LogP) is 3.38. The van der Waals surface area contributed by atoms with Gasteiger partial charge >= 0.3 is 0 Å². The topological polar surface area (TPSA) is 56.8 Å². The molecule has 0 radical (unpaired) electrons. The summed E-state index contributed by atoms with van der Waals surface area (Å²) in [7, 11) is 0. The van der Waals surface area contributed by atoms with Crippen LogP contribution in [0.1, 0.15) is 0 Å². The summed E-state index contributed by atoms with van der Waals surface area (Å²) in [5.74, 6) is 2.35. The van der Waals surface area contributed by atoms with Gasteiger partial charge in [0.15, 0.2) is 11.5 Å². The van der Waals surface area contributed by atoms with Crippen LogP contribution in [-0.4, -0.2) is 18.6 Å². The highest BCUT2D eigenvalue weighted by Crippen LogP contribution is 2.36. The summed E-state index contributed by atoms with van der Waals surface area (Å²) in [6.45, 7) is 0.230. The highest BCUT2D eigenvalue weighted by Gasteiger charge is 2.13. The lowest BCUT2D eigenvalue weighted by Crippen LogP contribution is -2.12. The number of alkyl halides is 1. The van der Waals surface area contributed by atoms with Crippen molar-refractivity contribution in [3.05, 3.63) is 42.5 Å². The molecule has 1 N–H and O–H groups in total. The molecule has 2 aromatic carbocycles. The van der Waals surface area contributed by atoms with E-state index in [1.165, 1.54) is 0 Å². The predicted molar refractivity (Wildman–Crippen MR) is 78.4 cm³/mol. The first-order valence-corrected chi connectivity index (χ1v) is 6.81. The number of ether oxygens (including phenoxy) is 3. The second kappa shape index (κ2) is 5.93. The molecule has 0 saturated carbocycles. The fourth-order valence-electron chi connectivity index (χ4n) is 1.88. The molecule has 0 unspecified atom stereocenters. The molecular formula is C15H12ClNO4. The van der Waals surface area contributed by atoms with Crippen LogP contribution in [0, 0.1) is 0 Å². The SMILES string of the molecule is O=C(CCl)Nc1ccc(Oc2ccc3c(c2)OCO3)cc1. The Labute approximate surface area is 126 Å². The van der Waals surface area contributed by atoms with Gasteiger partial charge in [0.05, 0.1) is 0 Å². The molecule has 0 bridgehead atoms. The summed E-state index contributed by atoms with van der Waals surface area (Å²) in [6.07, 6.45) is 0. The van der Waals surface area contributed by atoms with Crippen molar-refractivity contribution in [1.82, 2.24) is 0 Å². The Morgan fingerprint density at radius 2 is 1.81 bits per heavy atom. The molecule has 5 nitrogen and oxygen atoms in total. The van der Waals surface area contributed by atoms with Crippen molar-refractivity contribution in [2.24, 2.45) is 0 Å². The van der Waals surface area contributed by atoms with E-state index < -0.39 is 0 Å². The van der Waals surface area contributed by atoms with Crippen molar-refractivity contribution in [1.29, 1.82) is 0 Å². The van der Waals surface area contributed by atoms with Gasteiger partial charge in [-0.1, -0.05) is 0 Å². The molecule has 0 fully saturated rings. The molecule has 1 heterocycles. The van der Waals surface area contributed by atoms with Crippen molar-refractivity contribution >= 4 is 23.2 Å². The molecule has 3 rings (SSSR count). The summed E-state index contributed by atoms with van der Waals surface area (Å²) in [5, 5.41) is 2.65. The van der Waals surface area contributed by atoms with Crippen LogP contribution in [0.4, 0.5) is 5.69 Å². The molecule has 0 saturated heterocycles. The average Bonchev–Trinajstić information content (AvgIpc) is 2.96. The fraction of sp³-hybridized carbons (Fsp3) is 0.133. The Kier molecular flexibility index (Phi) is 3.83. The maximum absolute atomic E-state index is 11.2. The Balaban J connectivity index is 1.69. The van der Waals surface area contributed by atoms with Crippen molar-refractivity contribution in [2.75, 3.05) is 18.0 Å². The molecule has 6 heteroatoms. The number of amides is 1. The number of halogens is 1.